The van der Waals surface area contributed by atoms with E-state index in [1.54, 1.807) is 11.0 Å². The third-order valence-corrected chi connectivity index (χ3v) is 3.50. The van der Waals surface area contributed by atoms with Gasteiger partial charge in [0.05, 0.1) is 6.04 Å². The van der Waals surface area contributed by atoms with Gasteiger partial charge in [-0.3, -0.25) is 4.79 Å². The second kappa shape index (κ2) is 5.57. The molecule has 0 aromatic heterocycles. The van der Waals surface area contributed by atoms with Gasteiger partial charge in [-0.25, -0.2) is 0 Å². The summed E-state index contributed by atoms with van der Waals surface area (Å²) in [4.78, 5) is 13.6. The molecule has 2 rings (SSSR count). The second-order valence-electron chi connectivity index (χ2n) is 5.52. The van der Waals surface area contributed by atoms with Crippen LogP contribution in [-0.4, -0.2) is 22.1 Å². The first-order valence-corrected chi connectivity index (χ1v) is 6.76. The lowest BCUT2D eigenvalue weighted by Crippen LogP contribution is -2.37. The normalized spacial score (nSPS) is 20.9. The molecule has 1 amide bonds. The standard InChI is InChI=1S/C16H21NO2/c1-11(2)9-14-10-15(18)17(16(14)19)12(3)13-7-5-4-6-8-13/h4-8,10-12,16,19H,9H2,1-3H3. The summed E-state index contributed by atoms with van der Waals surface area (Å²) >= 11 is 0. The Kier molecular flexibility index (Phi) is 4.05. The van der Waals surface area contributed by atoms with Crippen LogP contribution in [0.1, 0.15) is 38.8 Å². The molecule has 0 spiro atoms. The molecular weight excluding hydrogens is 238 g/mol. The van der Waals surface area contributed by atoms with Gasteiger partial charge < -0.3 is 10.0 Å². The van der Waals surface area contributed by atoms with Crippen molar-refractivity contribution >= 4 is 5.91 Å². The van der Waals surface area contributed by atoms with Crippen LogP contribution in [0.15, 0.2) is 42.0 Å². The summed E-state index contributed by atoms with van der Waals surface area (Å²) < 4.78 is 0. The van der Waals surface area contributed by atoms with Crippen LogP contribution in [0.25, 0.3) is 0 Å². The van der Waals surface area contributed by atoms with Crippen molar-refractivity contribution in [2.75, 3.05) is 0 Å². The SMILES string of the molecule is CC(C)CC1=CC(=O)N(C(C)c2ccccc2)C1O. The Morgan fingerprint density at radius 1 is 1.21 bits per heavy atom. The van der Waals surface area contributed by atoms with Gasteiger partial charge in [-0.15, -0.1) is 0 Å². The molecule has 0 fully saturated rings. The molecule has 0 aliphatic carbocycles. The number of amides is 1. The molecule has 0 saturated heterocycles. The largest absolute Gasteiger partial charge is 0.369 e. The molecule has 2 unspecified atom stereocenters. The van der Waals surface area contributed by atoms with E-state index in [9.17, 15) is 9.90 Å². The molecule has 3 nitrogen and oxygen atoms in total. The first-order chi connectivity index (χ1) is 9.00. The highest BCUT2D eigenvalue weighted by Crippen LogP contribution is 2.31. The number of benzene rings is 1. The number of aliphatic hydroxyl groups is 1. The first-order valence-electron chi connectivity index (χ1n) is 6.76. The molecule has 0 radical (unpaired) electrons. The number of aliphatic hydroxyl groups excluding tert-OH is 1. The average Bonchev–Trinajstić information content (AvgIpc) is 2.64. The molecule has 1 heterocycles. The summed E-state index contributed by atoms with van der Waals surface area (Å²) in [5.41, 5.74) is 1.86. The Hall–Kier alpha value is -1.61. The van der Waals surface area contributed by atoms with Crippen molar-refractivity contribution in [1.29, 1.82) is 0 Å². The van der Waals surface area contributed by atoms with Gasteiger partial charge in [0, 0.05) is 6.08 Å². The highest BCUT2D eigenvalue weighted by molar-refractivity contribution is 5.92. The van der Waals surface area contributed by atoms with E-state index in [1.807, 2.05) is 37.3 Å². The van der Waals surface area contributed by atoms with E-state index in [4.69, 9.17) is 0 Å². The maximum atomic E-state index is 12.1. The summed E-state index contributed by atoms with van der Waals surface area (Å²) in [7, 11) is 0. The van der Waals surface area contributed by atoms with Gasteiger partial charge in [0.15, 0.2) is 6.23 Å². The molecule has 0 saturated carbocycles. The van der Waals surface area contributed by atoms with Crippen LogP contribution in [0.5, 0.6) is 0 Å². The smallest absolute Gasteiger partial charge is 0.249 e. The van der Waals surface area contributed by atoms with Crippen LogP contribution in [0.2, 0.25) is 0 Å². The second-order valence-corrected chi connectivity index (χ2v) is 5.52. The van der Waals surface area contributed by atoms with Crippen LogP contribution in [0, 0.1) is 5.92 Å². The lowest BCUT2D eigenvalue weighted by molar-refractivity contribution is -0.134. The number of hydrogen-bond donors (Lipinski definition) is 1. The van der Waals surface area contributed by atoms with E-state index in [0.29, 0.717) is 5.92 Å². The van der Waals surface area contributed by atoms with Gasteiger partial charge in [-0.05, 0) is 30.4 Å². The molecule has 0 bridgehead atoms. The van der Waals surface area contributed by atoms with E-state index in [0.717, 1.165) is 17.6 Å². The monoisotopic (exact) mass is 259 g/mol. The van der Waals surface area contributed by atoms with E-state index in [2.05, 4.69) is 13.8 Å². The van der Waals surface area contributed by atoms with Crippen molar-refractivity contribution in [3.63, 3.8) is 0 Å². The molecule has 1 N–H and O–H groups in total. The Morgan fingerprint density at radius 2 is 1.84 bits per heavy atom. The van der Waals surface area contributed by atoms with Gasteiger partial charge in [0.1, 0.15) is 0 Å². The minimum absolute atomic E-state index is 0.0977. The van der Waals surface area contributed by atoms with Crippen LogP contribution >= 0.6 is 0 Å². The van der Waals surface area contributed by atoms with E-state index in [-0.39, 0.29) is 11.9 Å². The van der Waals surface area contributed by atoms with Gasteiger partial charge in [-0.2, -0.15) is 0 Å². The Bertz CT molecular complexity index is 479. The van der Waals surface area contributed by atoms with Gasteiger partial charge in [-0.1, -0.05) is 44.2 Å². The summed E-state index contributed by atoms with van der Waals surface area (Å²) in [6.07, 6.45) is 1.56. The fourth-order valence-corrected chi connectivity index (χ4v) is 2.54. The lowest BCUT2D eigenvalue weighted by Gasteiger charge is -2.30. The lowest BCUT2D eigenvalue weighted by atomic mass is 10.0. The van der Waals surface area contributed by atoms with Crippen molar-refractivity contribution in [2.45, 2.75) is 39.5 Å². The molecule has 2 atom stereocenters. The molecule has 1 aromatic rings. The zero-order valence-electron chi connectivity index (χ0n) is 11.7. The van der Waals surface area contributed by atoms with Crippen LogP contribution in [0.4, 0.5) is 0 Å². The Morgan fingerprint density at radius 3 is 2.42 bits per heavy atom. The first kappa shape index (κ1) is 13.8. The minimum atomic E-state index is -0.787. The third-order valence-electron chi connectivity index (χ3n) is 3.50. The average molecular weight is 259 g/mol. The quantitative estimate of drug-likeness (QED) is 0.903. The van der Waals surface area contributed by atoms with Crippen molar-refractivity contribution in [1.82, 2.24) is 4.90 Å². The predicted octanol–water partition coefficient (Wildman–Crippen LogP) is 2.88. The van der Waals surface area contributed by atoms with Gasteiger partial charge in [0.25, 0.3) is 0 Å². The molecule has 102 valence electrons. The molecule has 19 heavy (non-hydrogen) atoms. The minimum Gasteiger partial charge on any atom is -0.369 e. The van der Waals surface area contributed by atoms with Crippen LogP contribution < -0.4 is 0 Å². The molecule has 1 aromatic carbocycles. The van der Waals surface area contributed by atoms with Crippen molar-refractivity contribution < 1.29 is 9.90 Å². The summed E-state index contributed by atoms with van der Waals surface area (Å²) in [6.45, 7) is 6.12. The highest BCUT2D eigenvalue weighted by Gasteiger charge is 2.34. The Labute approximate surface area is 114 Å². The molecular formula is C16H21NO2. The highest BCUT2D eigenvalue weighted by atomic mass is 16.3. The van der Waals surface area contributed by atoms with Crippen molar-refractivity contribution in [3.05, 3.63) is 47.5 Å². The van der Waals surface area contributed by atoms with Gasteiger partial charge >= 0.3 is 0 Å². The molecule has 3 heteroatoms. The van der Waals surface area contributed by atoms with Crippen LogP contribution in [0.3, 0.4) is 0 Å². The zero-order valence-corrected chi connectivity index (χ0v) is 11.7. The van der Waals surface area contributed by atoms with E-state index < -0.39 is 6.23 Å². The number of rotatable bonds is 4. The molecule has 1 aliphatic rings. The Balaban J connectivity index is 2.17. The van der Waals surface area contributed by atoms with Crippen molar-refractivity contribution in [2.24, 2.45) is 5.92 Å². The number of hydrogen-bond acceptors (Lipinski definition) is 2. The fourth-order valence-electron chi connectivity index (χ4n) is 2.54. The predicted molar refractivity (Wildman–Crippen MR) is 75.2 cm³/mol. The van der Waals surface area contributed by atoms with E-state index in [1.165, 1.54) is 0 Å². The van der Waals surface area contributed by atoms with Crippen molar-refractivity contribution in [3.8, 4) is 0 Å². The third kappa shape index (κ3) is 2.87. The summed E-state index contributed by atoms with van der Waals surface area (Å²) in [6, 6.07) is 9.67. The number of carbonyl (C=O) groups is 1. The topological polar surface area (TPSA) is 40.5 Å². The number of nitrogens with zero attached hydrogens (tertiary/aromatic N) is 1. The maximum Gasteiger partial charge on any atom is 0.249 e. The summed E-state index contributed by atoms with van der Waals surface area (Å²) in [5.74, 6) is 0.334. The molecule has 1 aliphatic heterocycles. The fraction of sp³-hybridized carbons (Fsp3) is 0.438. The maximum absolute atomic E-state index is 12.1. The van der Waals surface area contributed by atoms with E-state index >= 15 is 0 Å². The zero-order chi connectivity index (χ0) is 14.0. The van der Waals surface area contributed by atoms with Gasteiger partial charge in [0.2, 0.25) is 5.91 Å². The number of carbonyl (C=O) groups excluding carboxylic acids is 1. The summed E-state index contributed by atoms with van der Waals surface area (Å²) in [5, 5.41) is 10.3. The van der Waals surface area contributed by atoms with Crippen LogP contribution in [-0.2, 0) is 4.79 Å².